The fourth-order valence-electron chi connectivity index (χ4n) is 2.86. The van der Waals surface area contributed by atoms with Gasteiger partial charge in [0.2, 0.25) is 0 Å². The van der Waals surface area contributed by atoms with Gasteiger partial charge in [-0.25, -0.2) is 5.10 Å². The second-order valence-corrected chi connectivity index (χ2v) is 6.66. The number of nitrogens with zero attached hydrogens (tertiary/aromatic N) is 2. The fraction of sp³-hybridized carbons (Fsp3) is 0.389. The Hall–Kier alpha value is -2.47. The van der Waals surface area contributed by atoms with Crippen molar-refractivity contribution in [2.75, 3.05) is 13.2 Å². The van der Waals surface area contributed by atoms with Crippen LogP contribution in [-0.4, -0.2) is 45.8 Å². The standard InChI is InChI=1S/C18H21N3O3/c1-18(2)12-24-14(10-13-6-4-3-5-7-13)11-21(18)17(23)15-8-9-16(22)20-19-15/h3-9,14H,10-12H2,1-2H3,(H,20,22). The summed E-state index contributed by atoms with van der Waals surface area (Å²) in [7, 11) is 0. The Morgan fingerprint density at radius 1 is 1.29 bits per heavy atom. The Kier molecular flexibility index (Phi) is 4.49. The van der Waals surface area contributed by atoms with Gasteiger partial charge in [-0.1, -0.05) is 30.3 Å². The summed E-state index contributed by atoms with van der Waals surface area (Å²) >= 11 is 0. The first-order valence-electron chi connectivity index (χ1n) is 7.99. The Labute approximate surface area is 140 Å². The number of hydrogen-bond donors (Lipinski definition) is 1. The molecule has 6 nitrogen and oxygen atoms in total. The van der Waals surface area contributed by atoms with Crippen molar-refractivity contribution in [3.8, 4) is 0 Å². The molecule has 1 aliphatic rings. The molecule has 1 unspecified atom stereocenters. The van der Waals surface area contributed by atoms with Crippen molar-refractivity contribution < 1.29 is 9.53 Å². The highest BCUT2D eigenvalue weighted by molar-refractivity contribution is 5.92. The maximum atomic E-state index is 12.8. The lowest BCUT2D eigenvalue weighted by atomic mass is 9.97. The van der Waals surface area contributed by atoms with E-state index in [1.165, 1.54) is 17.7 Å². The summed E-state index contributed by atoms with van der Waals surface area (Å²) in [6.07, 6.45) is 0.687. The van der Waals surface area contributed by atoms with Gasteiger partial charge in [0.15, 0.2) is 0 Å². The van der Waals surface area contributed by atoms with E-state index in [-0.39, 0.29) is 23.3 Å². The molecule has 1 N–H and O–H groups in total. The third kappa shape index (κ3) is 3.54. The van der Waals surface area contributed by atoms with E-state index in [1.807, 2.05) is 32.0 Å². The van der Waals surface area contributed by atoms with Crippen molar-refractivity contribution in [1.29, 1.82) is 0 Å². The quantitative estimate of drug-likeness (QED) is 0.930. The monoisotopic (exact) mass is 327 g/mol. The molecule has 0 saturated carbocycles. The highest BCUT2D eigenvalue weighted by Gasteiger charge is 2.38. The van der Waals surface area contributed by atoms with E-state index in [9.17, 15) is 9.59 Å². The molecule has 2 heterocycles. The Balaban J connectivity index is 1.77. The number of aromatic amines is 1. The molecule has 1 amide bonds. The molecular formula is C18H21N3O3. The van der Waals surface area contributed by atoms with Gasteiger partial charge in [-0.3, -0.25) is 9.59 Å². The Bertz CT molecular complexity index is 750. The molecule has 1 aliphatic heterocycles. The first-order chi connectivity index (χ1) is 11.5. The van der Waals surface area contributed by atoms with E-state index in [0.717, 1.165) is 6.42 Å². The highest BCUT2D eigenvalue weighted by Crippen LogP contribution is 2.25. The largest absolute Gasteiger partial charge is 0.374 e. The molecule has 3 rings (SSSR count). The predicted octanol–water partition coefficient (Wildman–Crippen LogP) is 1.63. The van der Waals surface area contributed by atoms with E-state index < -0.39 is 5.54 Å². The van der Waals surface area contributed by atoms with Gasteiger partial charge in [0.05, 0.1) is 18.2 Å². The van der Waals surface area contributed by atoms with Crippen LogP contribution in [-0.2, 0) is 11.2 Å². The van der Waals surface area contributed by atoms with Gasteiger partial charge in [0.25, 0.3) is 11.5 Å². The zero-order chi connectivity index (χ0) is 17.2. The summed E-state index contributed by atoms with van der Waals surface area (Å²) in [5.74, 6) is -0.197. The molecule has 0 aliphatic carbocycles. The van der Waals surface area contributed by atoms with Gasteiger partial charge >= 0.3 is 0 Å². The van der Waals surface area contributed by atoms with Crippen LogP contribution in [0.3, 0.4) is 0 Å². The molecule has 1 aromatic carbocycles. The lowest BCUT2D eigenvalue weighted by Crippen LogP contribution is -2.58. The molecule has 2 aromatic rings. The summed E-state index contributed by atoms with van der Waals surface area (Å²) in [6, 6.07) is 12.8. The number of H-pyrrole nitrogens is 1. The van der Waals surface area contributed by atoms with E-state index in [2.05, 4.69) is 22.3 Å². The zero-order valence-corrected chi connectivity index (χ0v) is 13.9. The minimum Gasteiger partial charge on any atom is -0.374 e. The number of ether oxygens (including phenoxy) is 1. The molecule has 0 radical (unpaired) electrons. The van der Waals surface area contributed by atoms with Gasteiger partial charge in [0.1, 0.15) is 5.69 Å². The lowest BCUT2D eigenvalue weighted by molar-refractivity contribution is -0.0823. The molecule has 126 valence electrons. The second kappa shape index (κ2) is 6.57. The molecule has 0 bridgehead atoms. The zero-order valence-electron chi connectivity index (χ0n) is 13.9. The summed E-state index contributed by atoms with van der Waals surface area (Å²) in [5.41, 5.74) is 0.664. The normalized spacial score (nSPS) is 19.9. The topological polar surface area (TPSA) is 75.3 Å². The fourth-order valence-corrected chi connectivity index (χ4v) is 2.86. The number of amides is 1. The summed E-state index contributed by atoms with van der Waals surface area (Å²) in [5, 5.41) is 6.17. The minimum atomic E-state index is -0.428. The van der Waals surface area contributed by atoms with Crippen molar-refractivity contribution in [2.24, 2.45) is 0 Å². The number of nitrogens with one attached hydrogen (secondary N) is 1. The molecule has 1 atom stereocenters. The van der Waals surface area contributed by atoms with E-state index in [1.54, 1.807) is 4.90 Å². The molecule has 0 spiro atoms. The van der Waals surface area contributed by atoms with Crippen molar-refractivity contribution in [1.82, 2.24) is 15.1 Å². The van der Waals surface area contributed by atoms with Crippen LogP contribution >= 0.6 is 0 Å². The van der Waals surface area contributed by atoms with E-state index in [4.69, 9.17) is 4.74 Å². The van der Waals surface area contributed by atoms with E-state index in [0.29, 0.717) is 13.2 Å². The van der Waals surface area contributed by atoms with Crippen LogP contribution in [0.2, 0.25) is 0 Å². The molecule has 1 saturated heterocycles. The first kappa shape index (κ1) is 16.4. The number of carbonyl (C=O) groups is 1. The molecule has 6 heteroatoms. The SMILES string of the molecule is CC1(C)COC(Cc2ccccc2)CN1C(=O)c1ccc(=O)[nH]n1. The third-order valence-corrected chi connectivity index (χ3v) is 4.24. The number of hydrogen-bond acceptors (Lipinski definition) is 4. The molecule has 1 aromatic heterocycles. The van der Waals surface area contributed by atoms with Gasteiger partial charge in [0, 0.05) is 19.0 Å². The van der Waals surface area contributed by atoms with Crippen molar-refractivity contribution >= 4 is 5.91 Å². The lowest BCUT2D eigenvalue weighted by Gasteiger charge is -2.45. The van der Waals surface area contributed by atoms with Crippen LogP contribution < -0.4 is 5.56 Å². The number of rotatable bonds is 3. The number of carbonyl (C=O) groups excluding carboxylic acids is 1. The van der Waals surface area contributed by atoms with Gasteiger partial charge in [-0.05, 0) is 25.5 Å². The smallest absolute Gasteiger partial charge is 0.274 e. The average molecular weight is 327 g/mol. The van der Waals surface area contributed by atoms with Crippen molar-refractivity contribution in [3.05, 3.63) is 64.1 Å². The van der Waals surface area contributed by atoms with Gasteiger partial charge in [-0.2, -0.15) is 5.10 Å². The number of morpholine rings is 1. The van der Waals surface area contributed by atoms with Gasteiger partial charge < -0.3 is 9.64 Å². The van der Waals surface area contributed by atoms with Crippen LogP contribution in [0.4, 0.5) is 0 Å². The van der Waals surface area contributed by atoms with E-state index >= 15 is 0 Å². The third-order valence-electron chi connectivity index (χ3n) is 4.24. The molecular weight excluding hydrogens is 306 g/mol. The van der Waals surface area contributed by atoms with Crippen molar-refractivity contribution in [2.45, 2.75) is 31.9 Å². The van der Waals surface area contributed by atoms with Gasteiger partial charge in [-0.15, -0.1) is 0 Å². The first-order valence-corrected chi connectivity index (χ1v) is 7.99. The van der Waals surface area contributed by atoms with Crippen molar-refractivity contribution in [3.63, 3.8) is 0 Å². The average Bonchev–Trinajstić information content (AvgIpc) is 2.57. The summed E-state index contributed by atoms with van der Waals surface area (Å²) in [4.78, 5) is 25.7. The summed E-state index contributed by atoms with van der Waals surface area (Å²) in [6.45, 7) is 4.88. The maximum absolute atomic E-state index is 12.8. The maximum Gasteiger partial charge on any atom is 0.274 e. The Morgan fingerprint density at radius 3 is 2.71 bits per heavy atom. The van der Waals surface area contributed by atoms with Crippen LogP contribution in [0, 0.1) is 0 Å². The Morgan fingerprint density at radius 2 is 2.04 bits per heavy atom. The number of benzene rings is 1. The highest BCUT2D eigenvalue weighted by atomic mass is 16.5. The number of aromatic nitrogens is 2. The predicted molar refractivity (Wildman–Crippen MR) is 89.9 cm³/mol. The van der Waals surface area contributed by atoms with Crippen LogP contribution in [0.1, 0.15) is 29.9 Å². The van der Waals surface area contributed by atoms with Crippen LogP contribution in [0.25, 0.3) is 0 Å². The second-order valence-electron chi connectivity index (χ2n) is 6.66. The molecule has 24 heavy (non-hydrogen) atoms. The van der Waals surface area contributed by atoms with Crippen LogP contribution in [0.15, 0.2) is 47.3 Å². The molecule has 1 fully saturated rings. The minimum absolute atomic E-state index is 0.0628. The summed E-state index contributed by atoms with van der Waals surface area (Å²) < 4.78 is 5.96. The van der Waals surface area contributed by atoms with Crippen LogP contribution in [0.5, 0.6) is 0 Å².